The van der Waals surface area contributed by atoms with Crippen LogP contribution >= 0.6 is 0 Å². The summed E-state index contributed by atoms with van der Waals surface area (Å²) in [6.07, 6.45) is 2.92. The Morgan fingerprint density at radius 3 is 2.57 bits per heavy atom. The van der Waals surface area contributed by atoms with Gasteiger partial charge in [0.05, 0.1) is 36.9 Å². The predicted molar refractivity (Wildman–Crippen MR) is 133 cm³/mol. The number of sulfonamides is 1. The van der Waals surface area contributed by atoms with E-state index in [0.717, 1.165) is 11.1 Å². The summed E-state index contributed by atoms with van der Waals surface area (Å²) < 4.78 is 45.6. The second kappa shape index (κ2) is 10.4. The standard InChI is InChI=1S/C24H25FN8O3S/c1-31(2)37(34,35)20-9-3-17(4-10-20)14-33(24-26-13-21-23(29-24)30-28-16-27-21)32-11-12-36-15-22(32)18-5-7-19(25)8-6-18/h3-10,13,16,22H,11-12,14-15H2,1-2H3. The van der Waals surface area contributed by atoms with Crippen molar-refractivity contribution in [3.05, 3.63) is 78.0 Å². The molecule has 0 saturated carbocycles. The number of benzene rings is 2. The molecule has 0 amide bonds. The summed E-state index contributed by atoms with van der Waals surface area (Å²) in [5.41, 5.74) is 2.56. The van der Waals surface area contributed by atoms with Crippen molar-refractivity contribution in [1.29, 1.82) is 0 Å². The normalized spacial score (nSPS) is 16.8. The van der Waals surface area contributed by atoms with Gasteiger partial charge in [0, 0.05) is 20.6 Å². The van der Waals surface area contributed by atoms with Gasteiger partial charge in [0.25, 0.3) is 0 Å². The lowest BCUT2D eigenvalue weighted by Crippen LogP contribution is -2.51. The van der Waals surface area contributed by atoms with Crippen LogP contribution in [0.3, 0.4) is 0 Å². The molecule has 1 fully saturated rings. The molecule has 1 saturated heterocycles. The first-order chi connectivity index (χ1) is 17.8. The van der Waals surface area contributed by atoms with Crippen LogP contribution in [0.4, 0.5) is 10.3 Å². The number of ether oxygens (including phenoxy) is 1. The minimum atomic E-state index is -3.55. The fraction of sp³-hybridized carbons (Fsp3) is 0.292. The highest BCUT2D eigenvalue weighted by atomic mass is 32.2. The Labute approximate surface area is 213 Å². The van der Waals surface area contributed by atoms with E-state index in [0.29, 0.717) is 43.4 Å². The smallest absolute Gasteiger partial charge is 0.242 e. The quantitative estimate of drug-likeness (QED) is 0.356. The highest BCUT2D eigenvalue weighted by Gasteiger charge is 2.31. The van der Waals surface area contributed by atoms with Crippen molar-refractivity contribution in [3.63, 3.8) is 0 Å². The maximum Gasteiger partial charge on any atom is 0.242 e. The molecule has 2 aromatic heterocycles. The average Bonchev–Trinajstić information content (AvgIpc) is 2.92. The van der Waals surface area contributed by atoms with Gasteiger partial charge in [-0.2, -0.15) is 4.98 Å². The highest BCUT2D eigenvalue weighted by Crippen LogP contribution is 2.30. The van der Waals surface area contributed by atoms with Crippen LogP contribution in [0.15, 0.2) is 66.0 Å². The molecule has 4 aromatic rings. The van der Waals surface area contributed by atoms with Gasteiger partial charge in [0.15, 0.2) is 0 Å². The number of aromatic nitrogens is 5. The molecule has 11 nitrogen and oxygen atoms in total. The lowest BCUT2D eigenvalue weighted by molar-refractivity contribution is -0.0169. The number of fused-ring (bicyclic) bond motifs is 1. The molecular weight excluding hydrogens is 499 g/mol. The van der Waals surface area contributed by atoms with E-state index < -0.39 is 10.0 Å². The minimum absolute atomic E-state index is 0.201. The van der Waals surface area contributed by atoms with E-state index in [1.807, 2.05) is 5.01 Å². The summed E-state index contributed by atoms with van der Waals surface area (Å²) >= 11 is 0. The molecule has 1 atom stereocenters. The molecule has 2 aromatic carbocycles. The SMILES string of the molecule is CN(C)S(=O)(=O)c1ccc(CN(c2ncc3ncnnc3n2)N2CCOCC2c2ccc(F)cc2)cc1. The lowest BCUT2D eigenvalue weighted by atomic mass is 10.1. The number of hydrazine groups is 1. The lowest BCUT2D eigenvalue weighted by Gasteiger charge is -2.43. The molecule has 13 heteroatoms. The second-order valence-electron chi connectivity index (χ2n) is 8.63. The third kappa shape index (κ3) is 5.25. The molecule has 1 unspecified atom stereocenters. The number of hydrogen-bond acceptors (Lipinski definition) is 10. The minimum Gasteiger partial charge on any atom is -0.378 e. The first-order valence-corrected chi connectivity index (χ1v) is 13.0. The number of nitrogens with zero attached hydrogens (tertiary/aromatic N) is 8. The van der Waals surface area contributed by atoms with Crippen molar-refractivity contribution in [2.45, 2.75) is 17.5 Å². The number of halogens is 1. The van der Waals surface area contributed by atoms with E-state index >= 15 is 0 Å². The molecule has 3 heterocycles. The Bertz CT molecular complexity index is 1490. The van der Waals surface area contributed by atoms with E-state index in [9.17, 15) is 12.8 Å². The van der Waals surface area contributed by atoms with Crippen molar-refractivity contribution < 1.29 is 17.5 Å². The summed E-state index contributed by atoms with van der Waals surface area (Å²) in [5.74, 6) is 0.0504. The topological polar surface area (TPSA) is 118 Å². The number of hydrogen-bond donors (Lipinski definition) is 0. The summed E-state index contributed by atoms with van der Waals surface area (Å²) in [7, 11) is -0.564. The van der Waals surface area contributed by atoms with E-state index in [4.69, 9.17) is 4.74 Å². The van der Waals surface area contributed by atoms with E-state index in [1.54, 1.807) is 42.6 Å². The maximum absolute atomic E-state index is 13.6. The van der Waals surface area contributed by atoms with E-state index in [-0.39, 0.29) is 16.8 Å². The zero-order valence-corrected chi connectivity index (χ0v) is 21.1. The summed E-state index contributed by atoms with van der Waals surface area (Å²) in [5, 5.41) is 11.9. The fourth-order valence-electron chi connectivity index (χ4n) is 4.08. The van der Waals surface area contributed by atoms with Crippen LogP contribution in [-0.4, -0.2) is 76.7 Å². The van der Waals surface area contributed by atoms with Crippen LogP contribution < -0.4 is 5.01 Å². The molecule has 0 spiro atoms. The Balaban J connectivity index is 1.54. The van der Waals surface area contributed by atoms with E-state index in [2.05, 4.69) is 30.2 Å². The fourth-order valence-corrected chi connectivity index (χ4v) is 4.98. The zero-order valence-electron chi connectivity index (χ0n) is 20.3. The van der Waals surface area contributed by atoms with Gasteiger partial charge >= 0.3 is 0 Å². The highest BCUT2D eigenvalue weighted by molar-refractivity contribution is 7.89. The van der Waals surface area contributed by atoms with Crippen LogP contribution in [0.25, 0.3) is 11.2 Å². The van der Waals surface area contributed by atoms with Crippen LogP contribution in [-0.2, 0) is 21.3 Å². The van der Waals surface area contributed by atoms with Gasteiger partial charge in [0.1, 0.15) is 17.7 Å². The maximum atomic E-state index is 13.6. The largest absolute Gasteiger partial charge is 0.378 e. The van der Waals surface area contributed by atoms with Crippen molar-refractivity contribution in [3.8, 4) is 0 Å². The third-order valence-electron chi connectivity index (χ3n) is 6.07. The van der Waals surface area contributed by atoms with E-state index in [1.165, 1.54) is 36.9 Å². The number of anilines is 1. The van der Waals surface area contributed by atoms with Crippen molar-refractivity contribution in [2.75, 3.05) is 38.9 Å². The van der Waals surface area contributed by atoms with Crippen molar-refractivity contribution in [1.82, 2.24) is 34.5 Å². The molecule has 1 aliphatic rings. The Morgan fingerprint density at radius 1 is 1.08 bits per heavy atom. The Hall–Kier alpha value is -3.65. The molecule has 0 N–H and O–H groups in total. The van der Waals surface area contributed by atoms with Crippen LogP contribution in [0.1, 0.15) is 17.2 Å². The van der Waals surface area contributed by atoms with Gasteiger partial charge in [-0.3, -0.25) is 5.01 Å². The molecule has 37 heavy (non-hydrogen) atoms. The average molecular weight is 525 g/mol. The predicted octanol–water partition coefficient (Wildman–Crippen LogP) is 2.20. The zero-order chi connectivity index (χ0) is 26.0. The third-order valence-corrected chi connectivity index (χ3v) is 7.90. The summed E-state index contributed by atoms with van der Waals surface area (Å²) in [4.78, 5) is 13.5. The van der Waals surface area contributed by atoms with Gasteiger partial charge < -0.3 is 4.74 Å². The van der Waals surface area contributed by atoms with Gasteiger partial charge in [0.2, 0.25) is 21.6 Å². The van der Waals surface area contributed by atoms with Crippen LogP contribution in [0.2, 0.25) is 0 Å². The molecular formula is C24H25FN8O3S. The molecule has 0 bridgehead atoms. The molecule has 0 radical (unpaired) electrons. The molecule has 192 valence electrons. The number of rotatable bonds is 7. The van der Waals surface area contributed by atoms with Crippen LogP contribution in [0, 0.1) is 5.82 Å². The van der Waals surface area contributed by atoms with Crippen molar-refractivity contribution in [2.24, 2.45) is 0 Å². The second-order valence-corrected chi connectivity index (χ2v) is 10.8. The summed E-state index contributed by atoms with van der Waals surface area (Å²) in [6.45, 7) is 1.72. The first kappa shape index (κ1) is 25.0. The monoisotopic (exact) mass is 524 g/mol. The molecule has 1 aliphatic heterocycles. The molecule has 5 rings (SSSR count). The van der Waals surface area contributed by atoms with Gasteiger partial charge in [-0.15, -0.1) is 10.2 Å². The Kier molecular flexibility index (Phi) is 7.02. The molecule has 0 aliphatic carbocycles. The van der Waals surface area contributed by atoms with Gasteiger partial charge in [-0.25, -0.2) is 32.1 Å². The van der Waals surface area contributed by atoms with Crippen LogP contribution in [0.5, 0.6) is 0 Å². The van der Waals surface area contributed by atoms with Crippen molar-refractivity contribution >= 4 is 27.1 Å². The first-order valence-electron chi connectivity index (χ1n) is 11.5. The van der Waals surface area contributed by atoms with Gasteiger partial charge in [-0.1, -0.05) is 24.3 Å². The Morgan fingerprint density at radius 2 is 1.84 bits per heavy atom. The van der Waals surface area contributed by atoms with Gasteiger partial charge in [-0.05, 0) is 35.4 Å². The number of morpholine rings is 1. The summed E-state index contributed by atoms with van der Waals surface area (Å²) in [6, 6.07) is 12.8.